The normalized spacial score (nSPS) is 15.6. The van der Waals surface area contributed by atoms with Gasteiger partial charge in [0.1, 0.15) is 12.2 Å². The Bertz CT molecular complexity index is 1690. The zero-order valence-electron chi connectivity index (χ0n) is 28.9. The lowest BCUT2D eigenvalue weighted by molar-refractivity contribution is -0.170. The molecule has 0 saturated heterocycles. The number of hydrogen-bond acceptors (Lipinski definition) is 8. The van der Waals surface area contributed by atoms with E-state index in [1.165, 1.54) is 9.34 Å². The summed E-state index contributed by atoms with van der Waals surface area (Å²) in [5, 5.41) is 0. The summed E-state index contributed by atoms with van der Waals surface area (Å²) in [7, 11) is 2.59. The standard InChI is InChI=1S/C39H43N2O8P/c1-6-34(42)47-33(28-46-39(30-21-13-8-14-22-30,31-23-15-9-16-24-31)32-25-17-10-18-26-32)35-36(45-27-29-19-11-7-12-20-29)37(38(43)48-35)49-50(44,40(2)3)41(4)5/h7-26,33,35H,6,27-28H2,1-5H3. The van der Waals surface area contributed by atoms with Crippen LogP contribution in [0.3, 0.4) is 0 Å². The highest BCUT2D eigenvalue weighted by Gasteiger charge is 2.49. The first kappa shape index (κ1) is 36.5. The number of esters is 2. The maximum atomic E-state index is 14.0. The average molecular weight is 699 g/mol. The van der Waals surface area contributed by atoms with E-state index in [0.717, 1.165) is 22.3 Å². The molecule has 0 aliphatic carbocycles. The predicted molar refractivity (Wildman–Crippen MR) is 190 cm³/mol. The Morgan fingerprint density at radius 1 is 0.780 bits per heavy atom. The van der Waals surface area contributed by atoms with E-state index in [1.54, 1.807) is 35.1 Å². The molecule has 0 N–H and O–H groups in total. The molecule has 262 valence electrons. The van der Waals surface area contributed by atoms with Crippen LogP contribution in [0.25, 0.3) is 0 Å². The van der Waals surface area contributed by atoms with Crippen molar-refractivity contribution in [3.8, 4) is 0 Å². The third-order valence-electron chi connectivity index (χ3n) is 8.27. The number of benzene rings is 4. The molecular formula is C39H43N2O8P. The SMILES string of the molecule is CCC(=O)OC(COC(c1ccccc1)(c1ccccc1)c1ccccc1)C1OC(=O)C(OP(=O)(N(C)C)N(C)C)=C1OCc1ccccc1. The van der Waals surface area contributed by atoms with Crippen LogP contribution < -0.4 is 0 Å². The first-order valence-electron chi connectivity index (χ1n) is 16.4. The Morgan fingerprint density at radius 3 is 1.68 bits per heavy atom. The summed E-state index contributed by atoms with van der Waals surface area (Å²) in [6, 6.07) is 38.6. The number of nitrogens with zero attached hydrogens (tertiary/aromatic N) is 2. The largest absolute Gasteiger partial charge is 0.485 e. The Hall–Kier alpha value is -4.73. The van der Waals surface area contributed by atoms with Crippen LogP contribution in [0.4, 0.5) is 0 Å². The Labute approximate surface area is 293 Å². The topological polar surface area (TPSA) is 104 Å². The Kier molecular flexibility index (Phi) is 11.9. The molecule has 0 bridgehead atoms. The van der Waals surface area contributed by atoms with Gasteiger partial charge in [-0.05, 0) is 50.4 Å². The zero-order chi connectivity index (χ0) is 35.7. The van der Waals surface area contributed by atoms with Crippen molar-refractivity contribution >= 4 is 19.6 Å². The summed E-state index contributed by atoms with van der Waals surface area (Å²) in [4.78, 5) is 26.6. The molecule has 4 aromatic rings. The van der Waals surface area contributed by atoms with Crippen molar-refractivity contribution in [2.75, 3.05) is 34.8 Å². The second kappa shape index (κ2) is 16.3. The van der Waals surface area contributed by atoms with Gasteiger partial charge in [0.25, 0.3) is 5.76 Å². The third-order valence-corrected chi connectivity index (χ3v) is 10.7. The molecule has 1 heterocycles. The first-order valence-corrected chi connectivity index (χ1v) is 17.9. The van der Waals surface area contributed by atoms with Crippen LogP contribution in [0.15, 0.2) is 133 Å². The smallest absolute Gasteiger partial charge is 0.395 e. The summed E-state index contributed by atoms with van der Waals surface area (Å²) in [6.07, 6.45) is -2.41. The summed E-state index contributed by atoms with van der Waals surface area (Å²) in [6.45, 7) is 1.47. The second-order valence-corrected chi connectivity index (χ2v) is 14.8. The molecule has 0 radical (unpaired) electrons. The zero-order valence-corrected chi connectivity index (χ0v) is 29.8. The minimum absolute atomic E-state index is 0.0295. The van der Waals surface area contributed by atoms with Gasteiger partial charge in [0.05, 0.1) is 6.61 Å². The third kappa shape index (κ3) is 7.85. The highest BCUT2D eigenvalue weighted by molar-refractivity contribution is 7.54. The fourth-order valence-electron chi connectivity index (χ4n) is 5.71. The van der Waals surface area contributed by atoms with E-state index in [1.807, 2.05) is 121 Å². The lowest BCUT2D eigenvalue weighted by Gasteiger charge is -2.37. The van der Waals surface area contributed by atoms with Gasteiger partial charge in [0.15, 0.2) is 11.9 Å². The molecule has 0 aromatic heterocycles. The summed E-state index contributed by atoms with van der Waals surface area (Å²) >= 11 is 0. The average Bonchev–Trinajstić information content (AvgIpc) is 3.45. The van der Waals surface area contributed by atoms with Gasteiger partial charge in [-0.25, -0.2) is 18.7 Å². The lowest BCUT2D eigenvalue weighted by atomic mass is 9.80. The molecule has 1 aliphatic heterocycles. The molecule has 2 unspecified atom stereocenters. The van der Waals surface area contributed by atoms with Gasteiger partial charge in [-0.3, -0.25) is 4.79 Å². The Balaban J connectivity index is 1.62. The van der Waals surface area contributed by atoms with E-state index in [2.05, 4.69) is 0 Å². The van der Waals surface area contributed by atoms with Gasteiger partial charge in [-0.2, -0.15) is 0 Å². The van der Waals surface area contributed by atoms with Crippen molar-refractivity contribution in [3.05, 3.63) is 155 Å². The van der Waals surface area contributed by atoms with Crippen molar-refractivity contribution in [2.45, 2.75) is 37.8 Å². The molecule has 0 fully saturated rings. The fraction of sp³-hybridized carbons (Fsp3) is 0.282. The highest BCUT2D eigenvalue weighted by atomic mass is 31.2. The van der Waals surface area contributed by atoms with E-state index in [-0.39, 0.29) is 31.2 Å². The van der Waals surface area contributed by atoms with Crippen LogP contribution >= 0.6 is 7.67 Å². The second-order valence-electron chi connectivity index (χ2n) is 12.0. The van der Waals surface area contributed by atoms with E-state index in [4.69, 9.17) is 23.5 Å². The van der Waals surface area contributed by atoms with Gasteiger partial charge in [0.2, 0.25) is 6.10 Å². The molecule has 50 heavy (non-hydrogen) atoms. The minimum atomic E-state index is -3.75. The maximum absolute atomic E-state index is 14.0. The van der Waals surface area contributed by atoms with Crippen molar-refractivity contribution in [1.29, 1.82) is 0 Å². The van der Waals surface area contributed by atoms with Crippen LogP contribution in [0.2, 0.25) is 0 Å². The van der Waals surface area contributed by atoms with E-state index in [9.17, 15) is 14.2 Å². The van der Waals surface area contributed by atoms with Gasteiger partial charge >= 0.3 is 19.6 Å². The van der Waals surface area contributed by atoms with Crippen molar-refractivity contribution < 1.29 is 37.6 Å². The predicted octanol–water partition coefficient (Wildman–Crippen LogP) is 6.92. The number of hydrogen-bond donors (Lipinski definition) is 0. The van der Waals surface area contributed by atoms with Crippen LogP contribution in [-0.4, -0.2) is 68.3 Å². The summed E-state index contributed by atoms with van der Waals surface area (Å²) < 4.78 is 47.9. The van der Waals surface area contributed by atoms with Gasteiger partial charge in [0, 0.05) is 6.42 Å². The number of carbonyl (C=O) groups excluding carboxylic acids is 2. The summed E-state index contributed by atoms with van der Waals surface area (Å²) in [5.74, 6) is -1.86. The van der Waals surface area contributed by atoms with Crippen LogP contribution in [-0.2, 0) is 49.8 Å². The number of cyclic esters (lactones) is 1. The molecule has 11 heteroatoms. The van der Waals surface area contributed by atoms with Crippen LogP contribution in [0, 0.1) is 0 Å². The molecule has 1 aliphatic rings. The van der Waals surface area contributed by atoms with E-state index >= 15 is 0 Å². The first-order chi connectivity index (χ1) is 24.1. The van der Waals surface area contributed by atoms with Gasteiger partial charge < -0.3 is 23.5 Å². The van der Waals surface area contributed by atoms with E-state index < -0.39 is 37.4 Å². The minimum Gasteiger partial charge on any atom is -0.485 e. The maximum Gasteiger partial charge on any atom is 0.395 e. The van der Waals surface area contributed by atoms with Crippen molar-refractivity contribution in [3.63, 3.8) is 0 Å². The quantitative estimate of drug-likeness (QED) is 0.0696. The lowest BCUT2D eigenvalue weighted by Crippen LogP contribution is -2.42. The number of ether oxygens (including phenoxy) is 4. The molecule has 0 saturated carbocycles. The highest BCUT2D eigenvalue weighted by Crippen LogP contribution is 2.54. The van der Waals surface area contributed by atoms with Gasteiger partial charge in [-0.1, -0.05) is 128 Å². The van der Waals surface area contributed by atoms with Crippen molar-refractivity contribution in [1.82, 2.24) is 9.34 Å². The number of carbonyl (C=O) groups is 2. The fourth-order valence-corrected chi connectivity index (χ4v) is 7.16. The molecular weight excluding hydrogens is 655 g/mol. The summed E-state index contributed by atoms with van der Waals surface area (Å²) in [5.41, 5.74) is 2.14. The molecule has 0 amide bonds. The molecule has 5 rings (SSSR count). The number of rotatable bonds is 16. The van der Waals surface area contributed by atoms with Crippen LogP contribution in [0.5, 0.6) is 0 Å². The monoisotopic (exact) mass is 698 g/mol. The molecule has 0 spiro atoms. The van der Waals surface area contributed by atoms with Gasteiger partial charge in [-0.15, -0.1) is 0 Å². The molecule has 10 nitrogen and oxygen atoms in total. The van der Waals surface area contributed by atoms with E-state index in [0.29, 0.717) is 0 Å². The molecule has 2 atom stereocenters. The molecule has 4 aromatic carbocycles. The van der Waals surface area contributed by atoms with Crippen molar-refractivity contribution in [2.24, 2.45) is 0 Å². The Morgan fingerprint density at radius 2 is 1.24 bits per heavy atom. The van der Waals surface area contributed by atoms with Crippen LogP contribution in [0.1, 0.15) is 35.6 Å².